The van der Waals surface area contributed by atoms with Gasteiger partial charge in [0.25, 0.3) is 0 Å². The van der Waals surface area contributed by atoms with Gasteiger partial charge in [-0.05, 0) is 24.0 Å². The van der Waals surface area contributed by atoms with Crippen LogP contribution in [-0.2, 0) is 0 Å². The number of thioether (sulfide) groups is 1. The predicted molar refractivity (Wildman–Crippen MR) is 76.5 cm³/mol. The van der Waals surface area contributed by atoms with Gasteiger partial charge in [0.1, 0.15) is 0 Å². The lowest BCUT2D eigenvalue weighted by atomic mass is 10.2. The summed E-state index contributed by atoms with van der Waals surface area (Å²) in [6.45, 7) is 2.68. The van der Waals surface area contributed by atoms with Gasteiger partial charge in [0.05, 0.1) is 19.3 Å². The standard InChI is InChI=1S/C13H17ClO3S/c1-3-18-6-4-5-17-13-10(9-15)7-11(14)8-12(13)16-2/h7-9H,3-6H2,1-2H3. The summed E-state index contributed by atoms with van der Waals surface area (Å²) in [5, 5.41) is 0.461. The molecule has 100 valence electrons. The van der Waals surface area contributed by atoms with E-state index >= 15 is 0 Å². The second-order valence-corrected chi connectivity index (χ2v) is 5.37. The van der Waals surface area contributed by atoms with Crippen molar-refractivity contribution in [2.45, 2.75) is 13.3 Å². The fourth-order valence-corrected chi connectivity index (χ4v) is 2.29. The lowest BCUT2D eigenvalue weighted by Crippen LogP contribution is -2.03. The van der Waals surface area contributed by atoms with Crippen LogP contribution in [0.2, 0.25) is 5.02 Å². The van der Waals surface area contributed by atoms with Crippen molar-refractivity contribution in [1.29, 1.82) is 0 Å². The zero-order valence-corrected chi connectivity index (χ0v) is 12.1. The number of hydrogen-bond donors (Lipinski definition) is 0. The largest absolute Gasteiger partial charge is 0.493 e. The molecule has 1 aromatic carbocycles. The third-order valence-electron chi connectivity index (χ3n) is 2.28. The van der Waals surface area contributed by atoms with Crippen molar-refractivity contribution in [3.05, 3.63) is 22.7 Å². The zero-order chi connectivity index (χ0) is 13.4. The number of benzene rings is 1. The van der Waals surface area contributed by atoms with Gasteiger partial charge in [-0.1, -0.05) is 18.5 Å². The highest BCUT2D eigenvalue weighted by Crippen LogP contribution is 2.33. The smallest absolute Gasteiger partial charge is 0.171 e. The molecule has 0 unspecified atom stereocenters. The van der Waals surface area contributed by atoms with Crippen molar-refractivity contribution in [1.82, 2.24) is 0 Å². The molecule has 0 amide bonds. The van der Waals surface area contributed by atoms with Crippen LogP contribution in [0, 0.1) is 0 Å². The summed E-state index contributed by atoms with van der Waals surface area (Å²) in [5.74, 6) is 3.11. The SMILES string of the molecule is CCSCCCOc1c(C=O)cc(Cl)cc1OC. The van der Waals surface area contributed by atoms with E-state index in [-0.39, 0.29) is 0 Å². The molecule has 0 aliphatic rings. The van der Waals surface area contributed by atoms with Crippen molar-refractivity contribution < 1.29 is 14.3 Å². The maximum atomic E-state index is 11.0. The first-order chi connectivity index (χ1) is 8.72. The molecule has 3 nitrogen and oxygen atoms in total. The van der Waals surface area contributed by atoms with E-state index < -0.39 is 0 Å². The average Bonchev–Trinajstić information content (AvgIpc) is 2.39. The van der Waals surface area contributed by atoms with Gasteiger partial charge in [-0.2, -0.15) is 11.8 Å². The molecule has 0 N–H and O–H groups in total. The highest BCUT2D eigenvalue weighted by atomic mass is 35.5. The van der Waals surface area contributed by atoms with Crippen LogP contribution in [0.15, 0.2) is 12.1 Å². The van der Waals surface area contributed by atoms with Crippen LogP contribution in [0.4, 0.5) is 0 Å². The van der Waals surface area contributed by atoms with Crippen molar-refractivity contribution in [3.8, 4) is 11.5 Å². The first kappa shape index (κ1) is 15.2. The second-order valence-electron chi connectivity index (χ2n) is 3.54. The van der Waals surface area contributed by atoms with E-state index in [1.165, 1.54) is 7.11 Å². The van der Waals surface area contributed by atoms with Gasteiger partial charge < -0.3 is 9.47 Å². The number of carbonyl (C=O) groups is 1. The van der Waals surface area contributed by atoms with Crippen LogP contribution in [0.1, 0.15) is 23.7 Å². The van der Waals surface area contributed by atoms with E-state index in [9.17, 15) is 4.79 Å². The minimum absolute atomic E-state index is 0.419. The Balaban J connectivity index is 2.70. The predicted octanol–water partition coefficient (Wildman–Crippen LogP) is 3.68. The average molecular weight is 289 g/mol. The number of methoxy groups -OCH3 is 1. The molecule has 0 heterocycles. The fraction of sp³-hybridized carbons (Fsp3) is 0.462. The summed E-state index contributed by atoms with van der Waals surface area (Å²) >= 11 is 7.75. The molecule has 0 fully saturated rings. The maximum Gasteiger partial charge on any atom is 0.171 e. The Hall–Kier alpha value is -0.870. The first-order valence-electron chi connectivity index (χ1n) is 5.76. The van der Waals surface area contributed by atoms with Gasteiger partial charge in [-0.25, -0.2) is 0 Å². The van der Waals surface area contributed by atoms with Crippen molar-refractivity contribution >= 4 is 29.6 Å². The summed E-state index contributed by atoms with van der Waals surface area (Å²) in [6, 6.07) is 3.22. The molecule has 0 saturated carbocycles. The molecule has 5 heteroatoms. The van der Waals surface area contributed by atoms with Crippen LogP contribution in [0.3, 0.4) is 0 Å². The molecule has 0 spiro atoms. The second kappa shape index (κ2) is 8.27. The molecule has 1 aromatic rings. The minimum Gasteiger partial charge on any atom is -0.493 e. The normalized spacial score (nSPS) is 10.2. The van der Waals surface area contributed by atoms with Crippen LogP contribution in [0.25, 0.3) is 0 Å². The molecule has 1 rings (SSSR count). The monoisotopic (exact) mass is 288 g/mol. The Labute approximate surface area is 117 Å². The van der Waals surface area contributed by atoms with E-state index in [0.29, 0.717) is 28.7 Å². The lowest BCUT2D eigenvalue weighted by Gasteiger charge is -2.13. The van der Waals surface area contributed by atoms with Crippen molar-refractivity contribution in [2.75, 3.05) is 25.2 Å². The Morgan fingerprint density at radius 1 is 1.44 bits per heavy atom. The first-order valence-corrected chi connectivity index (χ1v) is 7.29. The lowest BCUT2D eigenvalue weighted by molar-refractivity contribution is 0.111. The van der Waals surface area contributed by atoms with Gasteiger partial charge in [-0.15, -0.1) is 0 Å². The maximum absolute atomic E-state index is 11.0. The Bertz CT molecular complexity index is 396. The summed E-state index contributed by atoms with van der Waals surface area (Å²) in [5.41, 5.74) is 0.419. The van der Waals surface area contributed by atoms with Crippen molar-refractivity contribution in [2.24, 2.45) is 0 Å². The molecular formula is C13H17ClO3S. The van der Waals surface area contributed by atoms with Gasteiger partial charge in [0.2, 0.25) is 0 Å². The third kappa shape index (κ3) is 4.42. The molecular weight excluding hydrogens is 272 g/mol. The third-order valence-corrected chi connectivity index (χ3v) is 3.48. The topological polar surface area (TPSA) is 35.5 Å². The molecule has 0 saturated heterocycles. The van der Waals surface area contributed by atoms with E-state index in [4.69, 9.17) is 21.1 Å². The number of aldehydes is 1. The van der Waals surface area contributed by atoms with Gasteiger partial charge >= 0.3 is 0 Å². The van der Waals surface area contributed by atoms with E-state index in [1.54, 1.807) is 12.1 Å². The van der Waals surface area contributed by atoms with Gasteiger partial charge in [-0.3, -0.25) is 4.79 Å². The Kier molecular flexibility index (Phi) is 6.98. The molecule has 0 aromatic heterocycles. The van der Waals surface area contributed by atoms with E-state index in [0.717, 1.165) is 24.2 Å². The van der Waals surface area contributed by atoms with Gasteiger partial charge in [0, 0.05) is 11.1 Å². The van der Waals surface area contributed by atoms with Crippen LogP contribution < -0.4 is 9.47 Å². The minimum atomic E-state index is 0.419. The van der Waals surface area contributed by atoms with Crippen LogP contribution >= 0.6 is 23.4 Å². The molecule has 18 heavy (non-hydrogen) atoms. The molecule has 0 atom stereocenters. The number of hydrogen-bond acceptors (Lipinski definition) is 4. The highest BCUT2D eigenvalue weighted by Gasteiger charge is 2.12. The number of carbonyl (C=O) groups excluding carboxylic acids is 1. The van der Waals surface area contributed by atoms with E-state index in [2.05, 4.69) is 6.92 Å². The molecule has 0 radical (unpaired) electrons. The quantitative estimate of drug-likeness (QED) is 0.540. The molecule has 0 bridgehead atoms. The molecule has 0 aliphatic heterocycles. The summed E-state index contributed by atoms with van der Waals surface area (Å²) in [6.07, 6.45) is 1.66. The summed E-state index contributed by atoms with van der Waals surface area (Å²) in [7, 11) is 1.53. The number of ether oxygens (including phenoxy) is 2. The summed E-state index contributed by atoms with van der Waals surface area (Å²) in [4.78, 5) is 11.0. The molecule has 0 aliphatic carbocycles. The highest BCUT2D eigenvalue weighted by molar-refractivity contribution is 7.99. The fourth-order valence-electron chi connectivity index (χ4n) is 1.46. The number of rotatable bonds is 8. The zero-order valence-electron chi connectivity index (χ0n) is 10.6. The van der Waals surface area contributed by atoms with Crippen LogP contribution in [-0.4, -0.2) is 31.5 Å². The van der Waals surface area contributed by atoms with Crippen LogP contribution in [0.5, 0.6) is 11.5 Å². The van der Waals surface area contributed by atoms with Gasteiger partial charge in [0.15, 0.2) is 17.8 Å². The Morgan fingerprint density at radius 3 is 2.83 bits per heavy atom. The Morgan fingerprint density at radius 2 is 2.22 bits per heavy atom. The number of halogens is 1. The summed E-state index contributed by atoms with van der Waals surface area (Å²) < 4.78 is 10.8. The van der Waals surface area contributed by atoms with E-state index in [1.807, 2.05) is 11.8 Å². The van der Waals surface area contributed by atoms with Crippen molar-refractivity contribution in [3.63, 3.8) is 0 Å².